The van der Waals surface area contributed by atoms with Crippen LogP contribution in [0.2, 0.25) is 0 Å². The van der Waals surface area contributed by atoms with E-state index in [0.717, 1.165) is 17.5 Å². The minimum Gasteiger partial charge on any atom is -0.507 e. The van der Waals surface area contributed by atoms with Gasteiger partial charge in [0.1, 0.15) is 11.5 Å². The number of rotatable bonds is 6. The normalized spacial score (nSPS) is 17.6. The Bertz CT molecular complexity index is 1250. The Morgan fingerprint density at radius 2 is 1.63 bits per heavy atom. The van der Waals surface area contributed by atoms with E-state index in [1.54, 1.807) is 24.3 Å². The van der Waals surface area contributed by atoms with Crippen LogP contribution >= 0.6 is 0 Å². The summed E-state index contributed by atoms with van der Waals surface area (Å²) in [5.41, 5.74) is 2.92. The molecule has 1 N–H and O–H groups in total. The molecule has 1 heterocycles. The van der Waals surface area contributed by atoms with Gasteiger partial charge in [0.15, 0.2) is 0 Å². The Morgan fingerprint density at radius 1 is 0.943 bits per heavy atom. The molecule has 1 aliphatic rings. The van der Waals surface area contributed by atoms with Gasteiger partial charge in [-0.1, -0.05) is 82.3 Å². The quantitative estimate of drug-likeness (QED) is 0.258. The molecule has 0 spiro atoms. The van der Waals surface area contributed by atoms with Gasteiger partial charge < -0.3 is 9.84 Å². The molecule has 180 valence electrons. The van der Waals surface area contributed by atoms with E-state index in [9.17, 15) is 14.7 Å². The number of aliphatic hydroxyl groups is 1. The van der Waals surface area contributed by atoms with Gasteiger partial charge in [0.05, 0.1) is 18.2 Å². The highest BCUT2D eigenvalue weighted by atomic mass is 16.5. The van der Waals surface area contributed by atoms with Crippen molar-refractivity contribution in [3.8, 4) is 5.75 Å². The van der Waals surface area contributed by atoms with Crippen LogP contribution in [0.1, 0.15) is 56.8 Å². The molecule has 0 aliphatic carbocycles. The van der Waals surface area contributed by atoms with Crippen LogP contribution in [0, 0.1) is 0 Å². The molecule has 3 aromatic carbocycles. The summed E-state index contributed by atoms with van der Waals surface area (Å²) in [6.07, 6.45) is 0.851. The number of benzene rings is 3. The van der Waals surface area contributed by atoms with Crippen molar-refractivity contribution in [1.29, 1.82) is 0 Å². The average molecular weight is 470 g/mol. The maximum atomic E-state index is 13.3. The van der Waals surface area contributed by atoms with Gasteiger partial charge in [0, 0.05) is 11.3 Å². The fourth-order valence-electron chi connectivity index (χ4n) is 4.28. The molecule has 0 bridgehead atoms. The molecule has 5 heteroatoms. The van der Waals surface area contributed by atoms with Gasteiger partial charge in [0.25, 0.3) is 11.7 Å². The highest BCUT2D eigenvalue weighted by Gasteiger charge is 2.47. The minimum atomic E-state index is -0.753. The highest BCUT2D eigenvalue weighted by Crippen LogP contribution is 2.42. The molecule has 1 saturated heterocycles. The summed E-state index contributed by atoms with van der Waals surface area (Å²) >= 11 is 0. The summed E-state index contributed by atoms with van der Waals surface area (Å²) in [6.45, 7) is 8.92. The predicted octanol–water partition coefficient (Wildman–Crippen LogP) is 6.40. The van der Waals surface area contributed by atoms with Gasteiger partial charge in [-0.15, -0.1) is 0 Å². The van der Waals surface area contributed by atoms with Crippen molar-refractivity contribution in [1.82, 2.24) is 0 Å². The topological polar surface area (TPSA) is 66.8 Å². The van der Waals surface area contributed by atoms with Crippen molar-refractivity contribution >= 4 is 23.1 Å². The molecular formula is C30H31NO4. The fraction of sp³-hybridized carbons (Fsp3) is 0.267. The zero-order valence-electron chi connectivity index (χ0n) is 20.6. The van der Waals surface area contributed by atoms with E-state index in [4.69, 9.17) is 4.74 Å². The third-order valence-corrected chi connectivity index (χ3v) is 6.15. The molecule has 4 rings (SSSR count). The molecule has 0 aromatic heterocycles. The lowest BCUT2D eigenvalue weighted by atomic mass is 9.87. The Morgan fingerprint density at radius 3 is 2.26 bits per heavy atom. The van der Waals surface area contributed by atoms with Gasteiger partial charge >= 0.3 is 0 Å². The van der Waals surface area contributed by atoms with Crippen LogP contribution in [-0.4, -0.2) is 23.4 Å². The summed E-state index contributed by atoms with van der Waals surface area (Å²) in [5.74, 6) is -0.995. The van der Waals surface area contributed by atoms with E-state index < -0.39 is 17.7 Å². The van der Waals surface area contributed by atoms with E-state index in [1.165, 1.54) is 4.90 Å². The molecule has 5 nitrogen and oxygen atoms in total. The van der Waals surface area contributed by atoms with Crippen molar-refractivity contribution in [2.75, 3.05) is 11.5 Å². The first kappa shape index (κ1) is 24.3. The largest absolute Gasteiger partial charge is 0.507 e. The third kappa shape index (κ3) is 4.85. The summed E-state index contributed by atoms with van der Waals surface area (Å²) < 4.78 is 5.70. The second-order valence-corrected chi connectivity index (χ2v) is 9.75. The number of nitrogens with zero attached hydrogens (tertiary/aromatic N) is 1. The standard InChI is InChI=1S/C30H31NO4/c1-5-18-35-24-13-9-12-21(19-24)27(32)25-26(20-10-7-6-8-11-20)31(29(34)28(25)33)23-16-14-22(15-17-23)30(2,3)4/h6-17,19,26,32H,5,18H2,1-4H3/b27-25+. The van der Waals surface area contributed by atoms with Crippen LogP contribution in [0.3, 0.4) is 0 Å². The van der Waals surface area contributed by atoms with Crippen molar-refractivity contribution in [3.05, 3.63) is 101 Å². The monoisotopic (exact) mass is 469 g/mol. The molecule has 0 saturated carbocycles. The summed E-state index contributed by atoms with van der Waals surface area (Å²) in [7, 11) is 0. The number of Topliss-reactive ketones (excluding diaryl/α,β-unsaturated/α-hetero) is 1. The summed E-state index contributed by atoms with van der Waals surface area (Å²) in [4.78, 5) is 28.1. The zero-order valence-corrected chi connectivity index (χ0v) is 20.6. The number of carbonyl (C=O) groups is 2. The number of anilines is 1. The molecule has 1 fully saturated rings. The smallest absolute Gasteiger partial charge is 0.300 e. The number of aliphatic hydroxyl groups excluding tert-OH is 1. The van der Waals surface area contributed by atoms with Gasteiger partial charge in [-0.25, -0.2) is 0 Å². The van der Waals surface area contributed by atoms with E-state index >= 15 is 0 Å². The SMILES string of the molecule is CCCOc1cccc(/C(O)=C2\C(=O)C(=O)N(c3ccc(C(C)(C)C)cc3)C2c2ccccc2)c1. The lowest BCUT2D eigenvalue weighted by molar-refractivity contribution is -0.132. The van der Waals surface area contributed by atoms with Crippen LogP contribution in [-0.2, 0) is 15.0 Å². The van der Waals surface area contributed by atoms with Gasteiger partial charge in [-0.05, 0) is 47.2 Å². The van der Waals surface area contributed by atoms with Gasteiger partial charge in [-0.2, -0.15) is 0 Å². The van der Waals surface area contributed by atoms with Crippen LogP contribution in [0.15, 0.2) is 84.4 Å². The average Bonchev–Trinajstić information content (AvgIpc) is 3.13. The second-order valence-electron chi connectivity index (χ2n) is 9.75. The first-order valence-corrected chi connectivity index (χ1v) is 11.9. The van der Waals surface area contributed by atoms with Crippen LogP contribution in [0.25, 0.3) is 5.76 Å². The maximum Gasteiger partial charge on any atom is 0.300 e. The summed E-state index contributed by atoms with van der Waals surface area (Å²) in [6, 6.07) is 23.2. The molecular weight excluding hydrogens is 438 g/mol. The molecule has 1 amide bonds. The molecule has 35 heavy (non-hydrogen) atoms. The lowest BCUT2D eigenvalue weighted by Crippen LogP contribution is -2.29. The van der Waals surface area contributed by atoms with Crippen LogP contribution in [0.5, 0.6) is 5.75 Å². The molecule has 1 atom stereocenters. The number of hydrogen-bond acceptors (Lipinski definition) is 4. The highest BCUT2D eigenvalue weighted by molar-refractivity contribution is 6.51. The number of amides is 1. The maximum absolute atomic E-state index is 13.3. The van der Waals surface area contributed by atoms with E-state index in [1.807, 2.05) is 61.5 Å². The van der Waals surface area contributed by atoms with E-state index in [0.29, 0.717) is 23.6 Å². The third-order valence-electron chi connectivity index (χ3n) is 6.15. The molecule has 1 aliphatic heterocycles. The molecule has 0 radical (unpaired) electrons. The van der Waals surface area contributed by atoms with Crippen molar-refractivity contribution < 1.29 is 19.4 Å². The van der Waals surface area contributed by atoms with E-state index in [2.05, 4.69) is 20.8 Å². The lowest BCUT2D eigenvalue weighted by Gasteiger charge is -2.26. The molecule has 3 aromatic rings. The minimum absolute atomic E-state index is 0.0452. The van der Waals surface area contributed by atoms with E-state index in [-0.39, 0.29) is 16.7 Å². The first-order valence-electron chi connectivity index (χ1n) is 11.9. The number of ketones is 1. The van der Waals surface area contributed by atoms with Crippen LogP contribution in [0.4, 0.5) is 5.69 Å². The first-order chi connectivity index (χ1) is 16.7. The van der Waals surface area contributed by atoms with Crippen molar-refractivity contribution in [3.63, 3.8) is 0 Å². The second kappa shape index (κ2) is 9.79. The Labute approximate surface area is 206 Å². The predicted molar refractivity (Wildman–Crippen MR) is 139 cm³/mol. The number of hydrogen-bond donors (Lipinski definition) is 1. The Kier molecular flexibility index (Phi) is 6.79. The fourth-order valence-corrected chi connectivity index (χ4v) is 4.28. The van der Waals surface area contributed by atoms with Crippen LogP contribution < -0.4 is 9.64 Å². The number of ether oxygens (including phenoxy) is 1. The summed E-state index contributed by atoms with van der Waals surface area (Å²) in [5, 5.41) is 11.3. The Hall–Kier alpha value is -3.86. The Balaban J connectivity index is 1.85. The molecule has 1 unspecified atom stereocenters. The van der Waals surface area contributed by atoms with Gasteiger partial charge in [0.2, 0.25) is 0 Å². The van der Waals surface area contributed by atoms with Crippen molar-refractivity contribution in [2.45, 2.75) is 45.6 Å². The van der Waals surface area contributed by atoms with Crippen molar-refractivity contribution in [2.24, 2.45) is 0 Å². The van der Waals surface area contributed by atoms with Gasteiger partial charge in [-0.3, -0.25) is 14.5 Å². The number of carbonyl (C=O) groups excluding carboxylic acids is 2. The zero-order chi connectivity index (χ0) is 25.2.